The van der Waals surface area contributed by atoms with Crippen molar-refractivity contribution in [2.75, 3.05) is 0 Å². The second-order valence-corrected chi connectivity index (χ2v) is 6.84. The highest BCUT2D eigenvalue weighted by atomic mass is 32.2. The molecular formula is C13H7N3S3. The van der Waals surface area contributed by atoms with Gasteiger partial charge in [-0.05, 0) is 30.3 Å². The molecule has 0 radical (unpaired) electrons. The first-order chi connectivity index (χ1) is 9.38. The van der Waals surface area contributed by atoms with E-state index in [1.165, 1.54) is 16.4 Å². The largest absolute Gasteiger partial charge is 0.229 e. The molecule has 4 aromatic rings. The number of hydrogen-bond donors (Lipinski definition) is 0. The number of rotatable bonds is 2. The first kappa shape index (κ1) is 11.3. The molecule has 0 amide bonds. The third kappa shape index (κ3) is 2.11. The van der Waals surface area contributed by atoms with E-state index in [0.29, 0.717) is 0 Å². The van der Waals surface area contributed by atoms with E-state index in [1.54, 1.807) is 23.1 Å². The summed E-state index contributed by atoms with van der Waals surface area (Å²) in [5.41, 5.74) is 2.97. The van der Waals surface area contributed by atoms with E-state index in [9.17, 15) is 0 Å². The van der Waals surface area contributed by atoms with E-state index in [2.05, 4.69) is 31.9 Å². The molecule has 0 aliphatic rings. The quantitative estimate of drug-likeness (QED) is 0.548. The highest BCUT2D eigenvalue weighted by Gasteiger charge is 2.06. The summed E-state index contributed by atoms with van der Waals surface area (Å²) in [6.45, 7) is 0. The van der Waals surface area contributed by atoms with E-state index < -0.39 is 0 Å². The van der Waals surface area contributed by atoms with Gasteiger partial charge in [0.05, 0.1) is 21.9 Å². The Kier molecular flexibility index (Phi) is 2.72. The van der Waals surface area contributed by atoms with Crippen LogP contribution in [0, 0.1) is 0 Å². The van der Waals surface area contributed by atoms with Crippen molar-refractivity contribution in [3.8, 4) is 0 Å². The molecule has 4 rings (SSSR count). The van der Waals surface area contributed by atoms with E-state index in [0.717, 1.165) is 25.8 Å². The van der Waals surface area contributed by atoms with Crippen molar-refractivity contribution in [2.45, 2.75) is 9.24 Å². The monoisotopic (exact) mass is 301 g/mol. The van der Waals surface area contributed by atoms with Gasteiger partial charge in [0.2, 0.25) is 0 Å². The van der Waals surface area contributed by atoms with E-state index in [-0.39, 0.29) is 0 Å². The second-order valence-electron chi connectivity index (χ2n) is 3.96. The lowest BCUT2D eigenvalue weighted by Crippen LogP contribution is -1.74. The average Bonchev–Trinajstić information content (AvgIpc) is 3.03. The van der Waals surface area contributed by atoms with Gasteiger partial charge in [-0.3, -0.25) is 0 Å². The maximum Gasteiger partial charge on any atom is 0.155 e. The van der Waals surface area contributed by atoms with E-state index in [4.69, 9.17) is 0 Å². The molecule has 0 bridgehead atoms. The summed E-state index contributed by atoms with van der Waals surface area (Å²) >= 11 is 4.64. The summed E-state index contributed by atoms with van der Waals surface area (Å²) in [6, 6.07) is 14.4. The van der Waals surface area contributed by atoms with Crippen molar-refractivity contribution in [1.29, 1.82) is 0 Å². The third-order valence-corrected chi connectivity index (χ3v) is 5.35. The number of nitrogens with zero attached hydrogens (tertiary/aromatic N) is 3. The summed E-state index contributed by atoms with van der Waals surface area (Å²) in [4.78, 5) is 5.78. The highest BCUT2D eigenvalue weighted by molar-refractivity contribution is 8.01. The minimum Gasteiger partial charge on any atom is -0.229 e. The molecule has 19 heavy (non-hydrogen) atoms. The van der Waals surface area contributed by atoms with Gasteiger partial charge in [0.1, 0.15) is 11.0 Å². The molecule has 0 unspecified atom stereocenters. The van der Waals surface area contributed by atoms with Gasteiger partial charge in [-0.25, -0.2) is 4.98 Å². The maximum absolute atomic E-state index is 4.62. The van der Waals surface area contributed by atoms with Crippen molar-refractivity contribution in [3.05, 3.63) is 42.5 Å². The Morgan fingerprint density at radius 1 is 0.895 bits per heavy atom. The van der Waals surface area contributed by atoms with Crippen LogP contribution in [0.4, 0.5) is 0 Å². The van der Waals surface area contributed by atoms with Crippen molar-refractivity contribution < 1.29 is 0 Å². The van der Waals surface area contributed by atoms with Gasteiger partial charge < -0.3 is 0 Å². The SMILES string of the molecule is c1ccc2sc(Sc3ccc4nsnc4c3)nc2c1. The molecule has 6 heteroatoms. The lowest BCUT2D eigenvalue weighted by Gasteiger charge is -1.96. The normalized spacial score (nSPS) is 11.4. The Balaban J connectivity index is 1.72. The van der Waals surface area contributed by atoms with Crippen molar-refractivity contribution >= 4 is 56.1 Å². The van der Waals surface area contributed by atoms with Crippen LogP contribution in [0.3, 0.4) is 0 Å². The van der Waals surface area contributed by atoms with Crippen molar-refractivity contribution in [3.63, 3.8) is 0 Å². The lowest BCUT2D eigenvalue weighted by molar-refractivity contribution is 1.29. The van der Waals surface area contributed by atoms with Crippen LogP contribution in [0.5, 0.6) is 0 Å². The van der Waals surface area contributed by atoms with Crippen LogP contribution in [0.15, 0.2) is 51.7 Å². The fourth-order valence-corrected chi connectivity index (χ4v) is 4.41. The van der Waals surface area contributed by atoms with Gasteiger partial charge in [0.25, 0.3) is 0 Å². The molecular weight excluding hydrogens is 294 g/mol. The van der Waals surface area contributed by atoms with Gasteiger partial charge in [0, 0.05) is 4.90 Å². The number of aromatic nitrogens is 3. The summed E-state index contributed by atoms with van der Waals surface area (Å²) < 4.78 is 10.8. The first-order valence-electron chi connectivity index (χ1n) is 5.64. The molecule has 2 heterocycles. The van der Waals surface area contributed by atoms with Crippen LogP contribution in [-0.2, 0) is 0 Å². The summed E-state index contributed by atoms with van der Waals surface area (Å²) in [5, 5.41) is 0. The molecule has 0 spiro atoms. The van der Waals surface area contributed by atoms with Gasteiger partial charge in [-0.2, -0.15) is 8.75 Å². The fraction of sp³-hybridized carbons (Fsp3) is 0. The average molecular weight is 301 g/mol. The maximum atomic E-state index is 4.62. The molecule has 92 valence electrons. The summed E-state index contributed by atoms with van der Waals surface area (Å²) in [5.74, 6) is 0. The van der Waals surface area contributed by atoms with Crippen molar-refractivity contribution in [1.82, 2.24) is 13.7 Å². The molecule has 2 aromatic carbocycles. The Labute approximate surface area is 121 Å². The minimum absolute atomic E-state index is 0.955. The zero-order valence-electron chi connectivity index (χ0n) is 9.61. The molecule has 0 fully saturated rings. The van der Waals surface area contributed by atoms with Gasteiger partial charge >= 0.3 is 0 Å². The van der Waals surface area contributed by atoms with E-state index in [1.807, 2.05) is 24.3 Å². The Hall–Kier alpha value is -1.50. The number of hydrogen-bond acceptors (Lipinski definition) is 6. The molecule has 0 saturated carbocycles. The Morgan fingerprint density at radius 2 is 1.79 bits per heavy atom. The third-order valence-electron chi connectivity index (χ3n) is 2.70. The first-order valence-corrected chi connectivity index (χ1v) is 8.00. The molecule has 0 N–H and O–H groups in total. The number of benzene rings is 2. The number of fused-ring (bicyclic) bond motifs is 2. The fourth-order valence-electron chi connectivity index (χ4n) is 1.82. The van der Waals surface area contributed by atoms with Crippen LogP contribution in [0.1, 0.15) is 0 Å². The minimum atomic E-state index is 0.955. The van der Waals surface area contributed by atoms with Gasteiger partial charge in [-0.1, -0.05) is 23.9 Å². The highest BCUT2D eigenvalue weighted by Crippen LogP contribution is 2.35. The molecule has 3 nitrogen and oxygen atoms in total. The predicted molar refractivity (Wildman–Crippen MR) is 81.2 cm³/mol. The van der Waals surface area contributed by atoms with Crippen molar-refractivity contribution in [2.24, 2.45) is 0 Å². The van der Waals surface area contributed by atoms with E-state index >= 15 is 0 Å². The van der Waals surface area contributed by atoms with Gasteiger partial charge in [-0.15, -0.1) is 11.3 Å². The molecule has 2 aromatic heterocycles. The topological polar surface area (TPSA) is 38.7 Å². The molecule has 0 atom stereocenters. The smallest absolute Gasteiger partial charge is 0.155 e. The summed E-state index contributed by atoms with van der Waals surface area (Å²) in [6.07, 6.45) is 0. The van der Waals surface area contributed by atoms with Crippen LogP contribution >= 0.6 is 34.8 Å². The Morgan fingerprint density at radius 3 is 2.74 bits per heavy atom. The standard InChI is InChI=1S/C13H7N3S3/c1-2-4-12-10(3-1)14-13(18-12)17-8-5-6-9-11(7-8)16-19-15-9/h1-7H. The molecule has 0 aliphatic heterocycles. The van der Waals surface area contributed by atoms with Crippen LogP contribution in [-0.4, -0.2) is 13.7 Å². The zero-order chi connectivity index (χ0) is 12.7. The Bertz CT molecular complexity index is 832. The number of thiazole rings is 1. The predicted octanol–water partition coefficient (Wildman–Crippen LogP) is 4.45. The van der Waals surface area contributed by atoms with Gasteiger partial charge in [0.15, 0.2) is 4.34 Å². The number of para-hydroxylation sites is 1. The lowest BCUT2D eigenvalue weighted by atomic mass is 10.3. The molecule has 0 saturated heterocycles. The molecule has 0 aliphatic carbocycles. The second kappa shape index (κ2) is 4.56. The van der Waals surface area contributed by atoms with Crippen LogP contribution in [0.25, 0.3) is 21.3 Å². The van der Waals surface area contributed by atoms with Crippen LogP contribution < -0.4 is 0 Å². The zero-order valence-corrected chi connectivity index (χ0v) is 12.1. The van der Waals surface area contributed by atoms with Crippen LogP contribution in [0.2, 0.25) is 0 Å². The summed E-state index contributed by atoms with van der Waals surface area (Å²) in [7, 11) is 0.